The second-order valence-corrected chi connectivity index (χ2v) is 6.74. The zero-order chi connectivity index (χ0) is 22.8. The Bertz CT molecular complexity index is 1060. The molecule has 2 amide bonds. The van der Waals surface area contributed by atoms with E-state index in [1.165, 1.54) is 30.3 Å². The Labute approximate surface area is 183 Å². The molecule has 14 heteroatoms. The number of alkyl halides is 3. The van der Waals surface area contributed by atoms with E-state index in [1.54, 1.807) is 6.07 Å². The van der Waals surface area contributed by atoms with Crippen molar-refractivity contribution in [3.8, 4) is 5.75 Å². The third-order valence-corrected chi connectivity index (χ3v) is 4.58. The first-order valence-corrected chi connectivity index (χ1v) is 9.10. The standard InChI is InChI=1S/C17H13Cl2F3N6O3/c1-28-16(25-26-27-28)24-15(30)9-6-7-11(31-17(20,21)22)13(12(9)19)23-14(29)8-4-2-3-5-10(8)18/h2-7,26-27H,1H3,(H,23,29)(H,24,25,30). The summed E-state index contributed by atoms with van der Waals surface area (Å²) in [5, 5.41) is 9.29. The predicted octanol–water partition coefficient (Wildman–Crippen LogP) is 3.10. The van der Waals surface area contributed by atoms with Gasteiger partial charge in [-0.3, -0.25) is 19.9 Å². The molecule has 1 aliphatic heterocycles. The van der Waals surface area contributed by atoms with Crippen molar-refractivity contribution in [3.63, 3.8) is 0 Å². The van der Waals surface area contributed by atoms with Gasteiger partial charge < -0.3 is 10.1 Å². The van der Waals surface area contributed by atoms with Gasteiger partial charge in [0.05, 0.1) is 21.2 Å². The number of carbonyl (C=O) groups is 2. The minimum absolute atomic E-state index is 0.0212. The molecule has 1 heterocycles. The fourth-order valence-electron chi connectivity index (χ4n) is 2.45. The van der Waals surface area contributed by atoms with Gasteiger partial charge in [0.1, 0.15) is 5.69 Å². The monoisotopic (exact) mass is 476 g/mol. The highest BCUT2D eigenvalue weighted by atomic mass is 35.5. The molecule has 164 valence electrons. The largest absolute Gasteiger partial charge is 0.573 e. The lowest BCUT2D eigenvalue weighted by Gasteiger charge is -2.18. The normalized spacial score (nSPS) is 13.4. The van der Waals surface area contributed by atoms with Crippen LogP contribution in [0.3, 0.4) is 0 Å². The maximum absolute atomic E-state index is 12.8. The Morgan fingerprint density at radius 2 is 1.74 bits per heavy atom. The molecule has 0 aromatic heterocycles. The van der Waals surface area contributed by atoms with Crippen LogP contribution in [-0.2, 0) is 0 Å². The van der Waals surface area contributed by atoms with E-state index in [0.29, 0.717) is 0 Å². The quantitative estimate of drug-likeness (QED) is 0.540. The second-order valence-electron chi connectivity index (χ2n) is 5.95. The number of amides is 2. The number of hydrazone groups is 1. The molecule has 0 saturated carbocycles. The van der Waals surface area contributed by atoms with Crippen LogP contribution >= 0.6 is 23.2 Å². The number of guanidine groups is 1. The molecule has 4 N–H and O–H groups in total. The zero-order valence-electron chi connectivity index (χ0n) is 15.5. The van der Waals surface area contributed by atoms with Gasteiger partial charge in [0.15, 0.2) is 5.75 Å². The van der Waals surface area contributed by atoms with Crippen molar-refractivity contribution >= 4 is 46.7 Å². The number of nitrogens with zero attached hydrogens (tertiary/aromatic N) is 2. The Kier molecular flexibility index (Phi) is 6.43. The Balaban J connectivity index is 1.97. The molecule has 0 atom stereocenters. The molecule has 0 radical (unpaired) electrons. The van der Waals surface area contributed by atoms with E-state index < -0.39 is 34.6 Å². The van der Waals surface area contributed by atoms with Crippen molar-refractivity contribution in [1.82, 2.24) is 21.4 Å². The van der Waals surface area contributed by atoms with Crippen molar-refractivity contribution in [2.45, 2.75) is 6.36 Å². The summed E-state index contributed by atoms with van der Waals surface area (Å²) < 4.78 is 42.5. The molecule has 3 rings (SSSR count). The van der Waals surface area contributed by atoms with Gasteiger partial charge in [-0.05, 0) is 24.3 Å². The first kappa shape index (κ1) is 22.5. The van der Waals surface area contributed by atoms with E-state index in [9.17, 15) is 22.8 Å². The highest BCUT2D eigenvalue weighted by Crippen LogP contribution is 2.38. The van der Waals surface area contributed by atoms with Crippen LogP contribution in [0.1, 0.15) is 20.7 Å². The van der Waals surface area contributed by atoms with Crippen LogP contribution in [0.15, 0.2) is 41.5 Å². The Hall–Kier alpha value is -3.22. The van der Waals surface area contributed by atoms with E-state index in [2.05, 4.69) is 31.5 Å². The van der Waals surface area contributed by atoms with Crippen molar-refractivity contribution < 1.29 is 27.5 Å². The summed E-state index contributed by atoms with van der Waals surface area (Å²) in [7, 11) is 1.54. The number of nitrogens with one attached hydrogen (secondary N) is 4. The third-order valence-electron chi connectivity index (χ3n) is 3.85. The topological polar surface area (TPSA) is 107 Å². The van der Waals surface area contributed by atoms with Gasteiger partial charge in [0.2, 0.25) is 5.96 Å². The van der Waals surface area contributed by atoms with Crippen LogP contribution in [0.25, 0.3) is 0 Å². The van der Waals surface area contributed by atoms with E-state index in [-0.39, 0.29) is 22.1 Å². The summed E-state index contributed by atoms with van der Waals surface area (Å²) in [6.45, 7) is 0. The summed E-state index contributed by atoms with van der Waals surface area (Å²) in [4.78, 5) is 25.1. The predicted molar refractivity (Wildman–Crippen MR) is 106 cm³/mol. The highest BCUT2D eigenvalue weighted by molar-refractivity contribution is 6.38. The average molecular weight is 477 g/mol. The second kappa shape index (κ2) is 8.88. The van der Waals surface area contributed by atoms with Crippen LogP contribution in [0.5, 0.6) is 5.75 Å². The molecule has 0 fully saturated rings. The van der Waals surface area contributed by atoms with Gasteiger partial charge in [-0.2, -0.15) is 0 Å². The molecule has 9 nitrogen and oxygen atoms in total. The summed E-state index contributed by atoms with van der Waals surface area (Å²) in [5.41, 5.74) is 4.12. The van der Waals surface area contributed by atoms with Gasteiger partial charge in [0.25, 0.3) is 11.8 Å². The molecule has 0 spiro atoms. The summed E-state index contributed by atoms with van der Waals surface area (Å²) >= 11 is 12.2. The van der Waals surface area contributed by atoms with Gasteiger partial charge in [-0.15, -0.1) is 23.8 Å². The molecule has 31 heavy (non-hydrogen) atoms. The number of hydrogen-bond donors (Lipinski definition) is 4. The lowest BCUT2D eigenvalue weighted by atomic mass is 10.1. The molecular weight excluding hydrogens is 464 g/mol. The van der Waals surface area contributed by atoms with Crippen molar-refractivity contribution in [3.05, 3.63) is 57.6 Å². The highest BCUT2D eigenvalue weighted by Gasteiger charge is 2.34. The molecule has 0 bridgehead atoms. The number of benzene rings is 2. The minimum atomic E-state index is -5.07. The number of carbonyl (C=O) groups excluding carboxylic acids is 2. The number of ether oxygens (including phenoxy) is 1. The molecule has 1 aliphatic rings. The maximum atomic E-state index is 12.8. The van der Waals surface area contributed by atoms with Gasteiger partial charge in [-0.25, -0.2) is 5.53 Å². The number of hydrogen-bond acceptors (Lipinski definition) is 7. The third kappa shape index (κ3) is 5.29. The van der Waals surface area contributed by atoms with Gasteiger partial charge in [-0.1, -0.05) is 35.3 Å². The summed E-state index contributed by atoms with van der Waals surface area (Å²) in [6.07, 6.45) is -5.07. The number of anilines is 1. The number of hydrazine groups is 2. The fourth-order valence-corrected chi connectivity index (χ4v) is 2.96. The van der Waals surface area contributed by atoms with Crippen LogP contribution in [-0.4, -0.2) is 36.2 Å². The van der Waals surface area contributed by atoms with E-state index in [0.717, 1.165) is 12.1 Å². The molecule has 2 aromatic rings. The van der Waals surface area contributed by atoms with Crippen molar-refractivity contribution in [2.24, 2.45) is 5.10 Å². The van der Waals surface area contributed by atoms with Crippen LogP contribution < -0.4 is 26.4 Å². The van der Waals surface area contributed by atoms with Crippen LogP contribution in [0, 0.1) is 0 Å². The first-order chi connectivity index (χ1) is 14.6. The first-order valence-electron chi connectivity index (χ1n) is 8.34. The summed E-state index contributed by atoms with van der Waals surface area (Å²) in [5.74, 6) is -2.40. The lowest BCUT2D eigenvalue weighted by Crippen LogP contribution is -2.45. The zero-order valence-corrected chi connectivity index (χ0v) is 17.0. The molecule has 2 aromatic carbocycles. The SMILES string of the molecule is CN1NNN=C1NC(=O)c1ccc(OC(F)(F)F)c(NC(=O)c2ccccc2Cl)c1Cl. The number of halogens is 5. The molecule has 0 unspecified atom stereocenters. The smallest absolute Gasteiger partial charge is 0.404 e. The van der Waals surface area contributed by atoms with E-state index in [1.807, 2.05) is 0 Å². The molecule has 0 saturated heterocycles. The minimum Gasteiger partial charge on any atom is -0.404 e. The maximum Gasteiger partial charge on any atom is 0.573 e. The van der Waals surface area contributed by atoms with E-state index in [4.69, 9.17) is 23.2 Å². The van der Waals surface area contributed by atoms with Gasteiger partial charge >= 0.3 is 6.36 Å². The van der Waals surface area contributed by atoms with Crippen LogP contribution in [0.4, 0.5) is 18.9 Å². The Morgan fingerprint density at radius 3 is 2.35 bits per heavy atom. The Morgan fingerprint density at radius 1 is 1.06 bits per heavy atom. The van der Waals surface area contributed by atoms with Crippen molar-refractivity contribution in [1.29, 1.82) is 0 Å². The van der Waals surface area contributed by atoms with Crippen LogP contribution in [0.2, 0.25) is 10.0 Å². The van der Waals surface area contributed by atoms with Crippen molar-refractivity contribution in [2.75, 3.05) is 12.4 Å². The van der Waals surface area contributed by atoms with E-state index >= 15 is 0 Å². The number of rotatable bonds is 4. The summed E-state index contributed by atoms with van der Waals surface area (Å²) in [6, 6.07) is 7.74. The lowest BCUT2D eigenvalue weighted by molar-refractivity contribution is -0.274. The molecule has 0 aliphatic carbocycles. The van der Waals surface area contributed by atoms with Gasteiger partial charge in [0, 0.05) is 7.05 Å². The molecular formula is C17H13Cl2F3N6O3. The fraction of sp³-hybridized carbons (Fsp3) is 0.118. The average Bonchev–Trinajstić information content (AvgIpc) is 3.08.